The molecule has 1 heterocycles. The molecule has 8 heteroatoms. The Labute approximate surface area is 129 Å². The minimum atomic E-state index is -1.02. The molecule has 0 spiro atoms. The molecule has 0 unspecified atom stereocenters. The van der Waals surface area contributed by atoms with Gasteiger partial charge in [0.1, 0.15) is 6.04 Å². The van der Waals surface area contributed by atoms with Crippen LogP contribution in [0.15, 0.2) is 0 Å². The Morgan fingerprint density at radius 2 is 1.81 bits per heavy atom. The van der Waals surface area contributed by atoms with Crippen LogP contribution in [0, 0.1) is 0 Å². The van der Waals surface area contributed by atoms with Gasteiger partial charge < -0.3 is 20.2 Å². The van der Waals surface area contributed by atoms with Crippen molar-refractivity contribution in [2.24, 2.45) is 0 Å². The first-order valence-electron chi connectivity index (χ1n) is 6.98. The Hall–Kier alpha value is -1.44. The third-order valence-electron chi connectivity index (χ3n) is 3.43. The largest absolute Gasteiger partial charge is 0.480 e. The predicted octanol–water partition coefficient (Wildman–Crippen LogP) is 0.457. The molecule has 1 atom stereocenters. The Bertz CT molecular complexity index is 392. The lowest BCUT2D eigenvalue weighted by molar-refractivity contribution is -0.139. The first-order chi connectivity index (χ1) is 9.95. The number of carboxylic acid groups (broad SMARTS) is 1. The maximum atomic E-state index is 12.1. The van der Waals surface area contributed by atoms with E-state index >= 15 is 0 Å². The van der Waals surface area contributed by atoms with Crippen molar-refractivity contribution in [1.29, 1.82) is 0 Å². The van der Waals surface area contributed by atoms with Gasteiger partial charge in [0.25, 0.3) is 0 Å². The summed E-state index contributed by atoms with van der Waals surface area (Å²) in [5.74, 6) is -0.340. The highest BCUT2D eigenvalue weighted by atomic mass is 32.2. The zero-order chi connectivity index (χ0) is 15.8. The van der Waals surface area contributed by atoms with Gasteiger partial charge in [-0.1, -0.05) is 0 Å². The molecular weight excluding hydrogens is 294 g/mol. The molecule has 120 valence electrons. The van der Waals surface area contributed by atoms with Gasteiger partial charge in [0.2, 0.25) is 5.91 Å². The number of amides is 3. The fourth-order valence-corrected chi connectivity index (χ4v) is 2.64. The number of rotatable bonds is 5. The maximum Gasteiger partial charge on any atom is 0.326 e. The summed E-state index contributed by atoms with van der Waals surface area (Å²) in [5, 5.41) is 11.7. The molecule has 0 radical (unpaired) electrons. The minimum absolute atomic E-state index is 0.000594. The molecule has 0 saturated carbocycles. The average molecular weight is 317 g/mol. The molecule has 0 aliphatic carbocycles. The van der Waals surface area contributed by atoms with Crippen molar-refractivity contribution in [1.82, 2.24) is 15.1 Å². The van der Waals surface area contributed by atoms with E-state index in [1.807, 2.05) is 6.26 Å². The number of aliphatic carboxylic acids is 1. The lowest BCUT2D eigenvalue weighted by Crippen LogP contribution is -2.49. The molecule has 1 rings (SSSR count). The number of nitrogens with zero attached hydrogens (tertiary/aromatic N) is 2. The van der Waals surface area contributed by atoms with Gasteiger partial charge in [-0.15, -0.1) is 0 Å². The Morgan fingerprint density at radius 1 is 1.19 bits per heavy atom. The van der Waals surface area contributed by atoms with E-state index in [-0.39, 0.29) is 11.9 Å². The summed E-state index contributed by atoms with van der Waals surface area (Å²) in [5.41, 5.74) is 0. The molecule has 2 N–H and O–H groups in total. The van der Waals surface area contributed by atoms with Crippen LogP contribution in [0.4, 0.5) is 4.79 Å². The standard InChI is InChI=1S/C13H23N3O4S/c1-10(17)15-5-3-6-16(8-7-15)13(20)14-11(12(18)19)4-9-21-2/h11H,3-9H2,1-2H3,(H,14,20)(H,18,19)/t11-/m0/s1. The second-order valence-corrected chi connectivity index (χ2v) is 5.95. The van der Waals surface area contributed by atoms with E-state index in [1.54, 1.807) is 21.6 Å². The fourth-order valence-electron chi connectivity index (χ4n) is 2.17. The van der Waals surface area contributed by atoms with Crippen molar-refractivity contribution in [3.63, 3.8) is 0 Å². The van der Waals surface area contributed by atoms with Gasteiger partial charge in [-0.25, -0.2) is 9.59 Å². The zero-order valence-corrected chi connectivity index (χ0v) is 13.3. The molecule has 3 amide bonds. The summed E-state index contributed by atoms with van der Waals surface area (Å²) in [6.45, 7) is 3.60. The third-order valence-corrected chi connectivity index (χ3v) is 4.08. The summed E-state index contributed by atoms with van der Waals surface area (Å²) in [6, 6.07) is -1.23. The second-order valence-electron chi connectivity index (χ2n) is 4.97. The number of hydrogen-bond acceptors (Lipinski definition) is 4. The molecule has 0 aromatic heterocycles. The van der Waals surface area contributed by atoms with Gasteiger partial charge in [-0.05, 0) is 24.9 Å². The van der Waals surface area contributed by atoms with Crippen molar-refractivity contribution in [3.8, 4) is 0 Å². The van der Waals surface area contributed by atoms with Gasteiger partial charge in [0.05, 0.1) is 0 Å². The molecule has 0 aromatic rings. The van der Waals surface area contributed by atoms with E-state index in [1.165, 1.54) is 6.92 Å². The van der Waals surface area contributed by atoms with Gasteiger partial charge >= 0.3 is 12.0 Å². The maximum absolute atomic E-state index is 12.1. The minimum Gasteiger partial charge on any atom is -0.480 e. The van der Waals surface area contributed by atoms with Crippen LogP contribution in [-0.2, 0) is 9.59 Å². The first kappa shape index (κ1) is 17.6. The lowest BCUT2D eigenvalue weighted by Gasteiger charge is -2.24. The molecule has 1 fully saturated rings. The molecule has 1 aliphatic heterocycles. The highest BCUT2D eigenvalue weighted by Crippen LogP contribution is 2.06. The molecule has 21 heavy (non-hydrogen) atoms. The van der Waals surface area contributed by atoms with Crippen LogP contribution in [0.1, 0.15) is 19.8 Å². The average Bonchev–Trinajstić information content (AvgIpc) is 2.68. The van der Waals surface area contributed by atoms with Crippen molar-refractivity contribution in [2.75, 3.05) is 38.2 Å². The molecule has 0 aromatic carbocycles. The van der Waals surface area contributed by atoms with Gasteiger partial charge in [0, 0.05) is 33.1 Å². The topological polar surface area (TPSA) is 90.0 Å². The lowest BCUT2D eigenvalue weighted by atomic mass is 10.2. The molecule has 1 saturated heterocycles. The van der Waals surface area contributed by atoms with Crippen LogP contribution in [0.5, 0.6) is 0 Å². The number of carbonyl (C=O) groups excluding carboxylic acids is 2. The van der Waals surface area contributed by atoms with Crippen molar-refractivity contribution in [3.05, 3.63) is 0 Å². The smallest absolute Gasteiger partial charge is 0.326 e. The quantitative estimate of drug-likeness (QED) is 0.769. The SMILES string of the molecule is CSCC[C@H](NC(=O)N1CCCN(C(C)=O)CC1)C(=O)O. The molecular formula is C13H23N3O4S. The molecule has 1 aliphatic rings. The predicted molar refractivity (Wildman–Crippen MR) is 81.4 cm³/mol. The van der Waals surface area contributed by atoms with Crippen molar-refractivity contribution in [2.45, 2.75) is 25.8 Å². The summed E-state index contributed by atoms with van der Waals surface area (Å²) in [7, 11) is 0. The van der Waals surface area contributed by atoms with Crippen LogP contribution in [0.2, 0.25) is 0 Å². The molecule has 7 nitrogen and oxygen atoms in total. The third kappa shape index (κ3) is 5.82. The van der Waals surface area contributed by atoms with Crippen LogP contribution in [0.3, 0.4) is 0 Å². The Kier molecular flexibility index (Phi) is 7.35. The van der Waals surface area contributed by atoms with Crippen LogP contribution < -0.4 is 5.32 Å². The highest BCUT2D eigenvalue weighted by molar-refractivity contribution is 7.98. The van der Waals surface area contributed by atoms with E-state index in [9.17, 15) is 14.4 Å². The normalized spacial score (nSPS) is 17.0. The van der Waals surface area contributed by atoms with Crippen LogP contribution >= 0.6 is 11.8 Å². The van der Waals surface area contributed by atoms with Crippen molar-refractivity contribution >= 4 is 29.7 Å². The van der Waals surface area contributed by atoms with E-state index in [0.29, 0.717) is 44.8 Å². The summed E-state index contributed by atoms with van der Waals surface area (Å²) in [4.78, 5) is 37.9. The van der Waals surface area contributed by atoms with Crippen molar-refractivity contribution < 1.29 is 19.5 Å². The summed E-state index contributed by atoms with van der Waals surface area (Å²) < 4.78 is 0. The number of carboxylic acids is 1. The van der Waals surface area contributed by atoms with E-state index in [2.05, 4.69) is 5.32 Å². The molecule has 0 bridgehead atoms. The van der Waals surface area contributed by atoms with E-state index in [0.717, 1.165) is 0 Å². The number of hydrogen-bond donors (Lipinski definition) is 2. The fraction of sp³-hybridized carbons (Fsp3) is 0.769. The van der Waals surface area contributed by atoms with Gasteiger partial charge in [-0.2, -0.15) is 11.8 Å². The zero-order valence-electron chi connectivity index (χ0n) is 12.5. The van der Waals surface area contributed by atoms with Gasteiger partial charge in [0.15, 0.2) is 0 Å². The van der Waals surface area contributed by atoms with E-state index in [4.69, 9.17) is 5.11 Å². The second kappa shape index (κ2) is 8.76. The number of thioether (sulfide) groups is 1. The highest BCUT2D eigenvalue weighted by Gasteiger charge is 2.24. The van der Waals surface area contributed by atoms with Gasteiger partial charge in [-0.3, -0.25) is 4.79 Å². The number of carbonyl (C=O) groups is 3. The first-order valence-corrected chi connectivity index (χ1v) is 8.37. The number of nitrogens with one attached hydrogen (secondary N) is 1. The van der Waals surface area contributed by atoms with Crippen LogP contribution in [-0.4, -0.2) is 77.0 Å². The summed E-state index contributed by atoms with van der Waals surface area (Å²) in [6.07, 6.45) is 3.00. The summed E-state index contributed by atoms with van der Waals surface area (Å²) >= 11 is 1.54. The monoisotopic (exact) mass is 317 g/mol. The Balaban J connectivity index is 2.53. The number of urea groups is 1. The Morgan fingerprint density at radius 3 is 2.38 bits per heavy atom. The van der Waals surface area contributed by atoms with Crippen LogP contribution in [0.25, 0.3) is 0 Å². The van der Waals surface area contributed by atoms with E-state index < -0.39 is 12.0 Å².